The lowest BCUT2D eigenvalue weighted by Gasteiger charge is -2.28. The van der Waals surface area contributed by atoms with Gasteiger partial charge in [-0.1, -0.05) is 18.2 Å². The zero-order valence-corrected chi connectivity index (χ0v) is 19.9. The van der Waals surface area contributed by atoms with Crippen molar-refractivity contribution in [3.63, 3.8) is 0 Å². The molecule has 36 heavy (non-hydrogen) atoms. The van der Waals surface area contributed by atoms with Crippen molar-refractivity contribution < 1.29 is 12.8 Å². The van der Waals surface area contributed by atoms with Crippen molar-refractivity contribution in [3.05, 3.63) is 76.4 Å². The van der Waals surface area contributed by atoms with Gasteiger partial charge in [-0.25, -0.2) is 27.8 Å². The largest absolute Gasteiger partial charge is 0.382 e. The van der Waals surface area contributed by atoms with E-state index in [0.717, 1.165) is 12.3 Å². The lowest BCUT2D eigenvalue weighted by atomic mass is 10.1. The summed E-state index contributed by atoms with van der Waals surface area (Å²) in [4.78, 5) is 27.9. The number of sulfone groups is 1. The molecule has 0 amide bonds. The number of nitrogens with zero attached hydrogens (tertiary/aromatic N) is 6. The van der Waals surface area contributed by atoms with E-state index in [1.54, 1.807) is 30.3 Å². The Labute approximate surface area is 205 Å². The third-order valence-electron chi connectivity index (χ3n) is 6.15. The zero-order valence-electron chi connectivity index (χ0n) is 19.1. The third kappa shape index (κ3) is 3.74. The first-order valence-electron chi connectivity index (χ1n) is 11.0. The number of rotatable bonds is 4. The predicted molar refractivity (Wildman–Crippen MR) is 131 cm³/mol. The van der Waals surface area contributed by atoms with Crippen LogP contribution in [0.3, 0.4) is 0 Å². The van der Waals surface area contributed by atoms with E-state index in [-0.39, 0.29) is 22.3 Å². The van der Waals surface area contributed by atoms with Gasteiger partial charge in [-0.2, -0.15) is 5.26 Å². The van der Waals surface area contributed by atoms with Crippen LogP contribution in [-0.2, 0) is 9.84 Å². The first kappa shape index (κ1) is 23.4. The zero-order chi connectivity index (χ0) is 25.6. The van der Waals surface area contributed by atoms with Crippen LogP contribution < -0.4 is 16.2 Å². The predicted octanol–water partition coefficient (Wildman–Crippen LogP) is 2.51. The highest BCUT2D eigenvalue weighted by molar-refractivity contribution is 7.91. The molecule has 0 aliphatic carbocycles. The molecule has 182 valence electrons. The molecule has 2 N–H and O–H groups in total. The van der Waals surface area contributed by atoms with Gasteiger partial charge in [0.2, 0.25) is 0 Å². The van der Waals surface area contributed by atoms with Gasteiger partial charge >= 0.3 is 0 Å². The minimum Gasteiger partial charge on any atom is -0.382 e. The Balaban J connectivity index is 1.85. The van der Waals surface area contributed by atoms with Crippen molar-refractivity contribution in [3.8, 4) is 11.8 Å². The third-order valence-corrected chi connectivity index (χ3v) is 7.29. The summed E-state index contributed by atoms with van der Waals surface area (Å²) < 4.78 is 41.0. The topological polar surface area (TPSA) is 148 Å². The number of hydrogen-bond acceptors (Lipinski definition) is 9. The fourth-order valence-corrected chi connectivity index (χ4v) is 5.64. The first-order chi connectivity index (χ1) is 17.2. The first-order valence-corrected chi connectivity index (χ1v) is 12.9. The summed E-state index contributed by atoms with van der Waals surface area (Å²) >= 11 is 0. The van der Waals surface area contributed by atoms with Crippen LogP contribution in [0.25, 0.3) is 16.6 Å². The number of anilines is 2. The number of nitrogens with two attached hydrogens (primary N) is 1. The number of fused-ring (bicyclic) bond motifs is 1. The van der Waals surface area contributed by atoms with Gasteiger partial charge in [0.1, 0.15) is 40.3 Å². The van der Waals surface area contributed by atoms with E-state index in [2.05, 4.69) is 9.97 Å². The highest BCUT2D eigenvalue weighted by Gasteiger charge is 2.34. The summed E-state index contributed by atoms with van der Waals surface area (Å²) in [5, 5.41) is 9.35. The average Bonchev–Trinajstić information content (AvgIpc) is 3.33. The maximum absolute atomic E-state index is 14.7. The molecule has 2 aromatic heterocycles. The molecule has 0 saturated carbocycles. The fraction of sp³-hybridized carbons (Fsp3) is 0.208. The van der Waals surface area contributed by atoms with E-state index < -0.39 is 32.2 Å². The van der Waals surface area contributed by atoms with Crippen molar-refractivity contribution >= 4 is 32.4 Å². The molecule has 4 aromatic rings. The maximum Gasteiger partial charge on any atom is 0.267 e. The molecule has 0 radical (unpaired) electrons. The van der Waals surface area contributed by atoms with Gasteiger partial charge in [-0.05, 0) is 37.1 Å². The Morgan fingerprint density at radius 3 is 2.61 bits per heavy atom. The van der Waals surface area contributed by atoms with E-state index in [4.69, 9.17) is 10.7 Å². The Bertz CT molecular complexity index is 1720. The highest BCUT2D eigenvalue weighted by atomic mass is 32.2. The van der Waals surface area contributed by atoms with Crippen LogP contribution in [0.1, 0.15) is 30.3 Å². The molecule has 1 aliphatic heterocycles. The van der Waals surface area contributed by atoms with E-state index in [1.807, 2.05) is 11.0 Å². The molecule has 2 aromatic carbocycles. The summed E-state index contributed by atoms with van der Waals surface area (Å²) in [5.41, 5.74) is 5.80. The molecule has 1 atom stereocenters. The van der Waals surface area contributed by atoms with Gasteiger partial charge in [0.15, 0.2) is 15.7 Å². The molecular weight excluding hydrogens is 485 g/mol. The van der Waals surface area contributed by atoms with Crippen LogP contribution in [0.5, 0.6) is 0 Å². The molecular formula is C24H20FN7O3S. The smallest absolute Gasteiger partial charge is 0.267 e. The van der Waals surface area contributed by atoms with Crippen molar-refractivity contribution in [2.75, 3.05) is 23.4 Å². The molecule has 1 unspecified atom stereocenters. The van der Waals surface area contributed by atoms with Crippen LogP contribution >= 0.6 is 0 Å². The molecule has 0 bridgehead atoms. The van der Waals surface area contributed by atoms with Gasteiger partial charge in [0.05, 0.1) is 22.6 Å². The van der Waals surface area contributed by atoms with Gasteiger partial charge < -0.3 is 10.6 Å². The second-order valence-electron chi connectivity index (χ2n) is 8.41. The second kappa shape index (κ2) is 8.69. The van der Waals surface area contributed by atoms with Crippen LogP contribution in [-0.4, -0.2) is 40.7 Å². The minimum absolute atomic E-state index is 0.0355. The lowest BCUT2D eigenvalue weighted by molar-refractivity contribution is 0.572. The van der Waals surface area contributed by atoms with Crippen molar-refractivity contribution in [2.45, 2.75) is 23.8 Å². The number of nitrogen functional groups attached to an aromatic ring is 1. The van der Waals surface area contributed by atoms with Gasteiger partial charge in [0, 0.05) is 12.8 Å². The van der Waals surface area contributed by atoms with Gasteiger partial charge in [0.25, 0.3) is 5.56 Å². The molecule has 0 spiro atoms. The van der Waals surface area contributed by atoms with Gasteiger partial charge in [-0.15, -0.1) is 0 Å². The Morgan fingerprint density at radius 2 is 1.92 bits per heavy atom. The number of benzene rings is 2. The lowest BCUT2D eigenvalue weighted by Crippen LogP contribution is -2.33. The highest BCUT2D eigenvalue weighted by Crippen LogP contribution is 2.37. The van der Waals surface area contributed by atoms with E-state index in [0.29, 0.717) is 36.7 Å². The maximum atomic E-state index is 14.7. The van der Waals surface area contributed by atoms with Crippen LogP contribution in [0.2, 0.25) is 0 Å². The Morgan fingerprint density at radius 1 is 1.17 bits per heavy atom. The summed E-state index contributed by atoms with van der Waals surface area (Å²) in [5.74, 6) is -0.358. The quantitative estimate of drug-likeness (QED) is 0.442. The minimum atomic E-state index is -4.09. The molecule has 1 fully saturated rings. The summed E-state index contributed by atoms with van der Waals surface area (Å²) in [6.45, 7) is 0.510. The standard InChI is InChI=1S/C24H20FN7O3S/c1-36(34,35)20-16(25)9-10-17-19(20)24(33)32(14-6-3-2-4-7-14)23(30-17)18-8-5-11-31(18)22-15(12-26)21(27)28-13-29-22/h2-4,6-7,9-10,13,18H,5,8,11H2,1H3,(H2,27,28,29). The summed E-state index contributed by atoms with van der Waals surface area (Å²) in [6, 6.07) is 12.4. The van der Waals surface area contributed by atoms with Gasteiger partial charge in [-0.3, -0.25) is 9.36 Å². The molecule has 12 heteroatoms. The summed E-state index contributed by atoms with van der Waals surface area (Å²) in [6.07, 6.45) is 3.40. The normalized spacial score (nSPS) is 15.8. The van der Waals surface area contributed by atoms with Crippen LogP contribution in [0.15, 0.2) is 58.5 Å². The van der Waals surface area contributed by atoms with Crippen molar-refractivity contribution in [2.24, 2.45) is 0 Å². The van der Waals surface area contributed by atoms with Crippen molar-refractivity contribution in [1.82, 2.24) is 19.5 Å². The molecule has 3 heterocycles. The number of nitriles is 1. The summed E-state index contributed by atoms with van der Waals surface area (Å²) in [7, 11) is -4.09. The monoisotopic (exact) mass is 505 g/mol. The average molecular weight is 506 g/mol. The number of aromatic nitrogens is 4. The second-order valence-corrected chi connectivity index (χ2v) is 10.4. The van der Waals surface area contributed by atoms with Crippen molar-refractivity contribution in [1.29, 1.82) is 5.26 Å². The van der Waals surface area contributed by atoms with E-state index in [9.17, 15) is 22.9 Å². The number of para-hydroxylation sites is 1. The van der Waals surface area contributed by atoms with Crippen LogP contribution in [0, 0.1) is 17.1 Å². The number of halogens is 1. The molecule has 1 aliphatic rings. The molecule has 5 rings (SSSR count). The SMILES string of the molecule is CS(=O)(=O)c1c(F)ccc2nc(C3CCCN3c3ncnc(N)c3C#N)n(-c3ccccc3)c(=O)c12. The van der Waals surface area contributed by atoms with Crippen LogP contribution in [0.4, 0.5) is 16.0 Å². The fourth-order valence-electron chi connectivity index (χ4n) is 4.65. The Kier molecular flexibility index (Phi) is 5.64. The molecule has 10 nitrogen and oxygen atoms in total. The van der Waals surface area contributed by atoms with E-state index >= 15 is 0 Å². The van der Waals surface area contributed by atoms with E-state index in [1.165, 1.54) is 17.0 Å². The Hall–Kier alpha value is -4.37. The molecule has 1 saturated heterocycles. The number of hydrogen-bond donors (Lipinski definition) is 1.